The number of nitrogen functional groups attached to an aromatic ring is 3. The maximum atomic E-state index is 14.8. The molecule has 6 aliphatic heterocycles. The molecule has 130 heavy (non-hydrogen) atoms. The minimum Gasteiger partial charge on any atom is -0.394 e. The number of aliphatic hydroxyl groups excluding tert-OH is 2. The van der Waals surface area contributed by atoms with Crippen LogP contribution in [0.25, 0.3) is 22.3 Å². The number of phosphoric acid groups is 5. The lowest BCUT2D eigenvalue weighted by Gasteiger charge is -2.26. The molecular weight excluding hydrogens is 1840 g/mol. The first-order chi connectivity index (χ1) is 61.8. The number of nitrogens with zero attached hydrogens (tertiary/aromatic N) is 14. The molecule has 0 radical (unpaired) electrons. The number of nitrogens with one attached hydrogen (secondary N) is 4. The first kappa shape index (κ1) is 94.5. The van der Waals surface area contributed by atoms with Crippen molar-refractivity contribution in [3.8, 4) is 6.07 Å². The number of hydrogen-bond acceptors (Lipinski definition) is 43. The Balaban J connectivity index is 0.629. The van der Waals surface area contributed by atoms with Gasteiger partial charge < -0.3 is 80.7 Å². The number of amides is 1. The zero-order chi connectivity index (χ0) is 92.6. The van der Waals surface area contributed by atoms with Crippen LogP contribution in [0.3, 0.4) is 0 Å². The fourth-order valence-corrected chi connectivity index (χ4v) is 20.0. The molecule has 0 spiro atoms. The summed E-state index contributed by atoms with van der Waals surface area (Å²) in [5.74, 6) is -1.28. The van der Waals surface area contributed by atoms with Gasteiger partial charge in [-0.05, 0) is 38.1 Å². The van der Waals surface area contributed by atoms with Gasteiger partial charge in [-0.2, -0.15) is 20.2 Å². The topological polar surface area (TPSA) is 781 Å². The van der Waals surface area contributed by atoms with Gasteiger partial charge in [-0.1, -0.05) is 18.2 Å². The molecule has 23 atom stereocenters. The van der Waals surface area contributed by atoms with Gasteiger partial charge in [0.25, 0.3) is 22.6 Å². The van der Waals surface area contributed by atoms with E-state index in [-0.39, 0.29) is 75.3 Å². The minimum atomic E-state index is -5.70. The summed E-state index contributed by atoms with van der Waals surface area (Å²) < 4.78 is 176. The molecule has 62 heteroatoms. The first-order valence-corrected chi connectivity index (χ1v) is 46.6. The number of benzene rings is 1. The van der Waals surface area contributed by atoms with Crippen LogP contribution in [0.5, 0.6) is 0 Å². The van der Waals surface area contributed by atoms with Crippen molar-refractivity contribution in [3.05, 3.63) is 176 Å². The summed E-state index contributed by atoms with van der Waals surface area (Å²) >= 11 is 0. The number of carbonyl (C=O) groups is 1. The Bertz CT molecular complexity index is 6470. The van der Waals surface area contributed by atoms with Crippen molar-refractivity contribution in [1.29, 1.82) is 5.26 Å². The van der Waals surface area contributed by atoms with Crippen LogP contribution in [-0.4, -0.2) is 232 Å². The van der Waals surface area contributed by atoms with E-state index in [4.69, 9.17) is 95.4 Å². The third-order valence-electron chi connectivity index (χ3n) is 21.0. The summed E-state index contributed by atoms with van der Waals surface area (Å²) in [4.78, 5) is 185. The summed E-state index contributed by atoms with van der Waals surface area (Å²) in [5, 5.41) is 33.5. The molecule has 14 heterocycles. The van der Waals surface area contributed by atoms with Gasteiger partial charge in [0.2, 0.25) is 5.95 Å². The van der Waals surface area contributed by atoms with Crippen LogP contribution in [0.4, 0.5) is 23.4 Å². The Hall–Kier alpha value is -10.2. The molecule has 1 aromatic carbocycles. The van der Waals surface area contributed by atoms with Gasteiger partial charge in [0.1, 0.15) is 128 Å². The van der Waals surface area contributed by atoms with E-state index < -0.39 is 273 Å². The van der Waals surface area contributed by atoms with Crippen molar-refractivity contribution < 1.29 is 136 Å². The van der Waals surface area contributed by atoms with Gasteiger partial charge in [0, 0.05) is 80.0 Å². The number of nitriles is 1. The number of aromatic nitrogens is 16. The molecule has 700 valence electrons. The number of anilines is 4. The SMILES string of the molecule is Cc1cn([C@H]2C[C@H](OP(=O)(O)OC[C@H]3O[C@@H](n4ccc(N)nc4=O)C[C@@H]3OP(=O)(O)OC[C@H]3O[C@@H](n4cnc5c(=O)[nH]c(N)nc54)C[C@@H]3OP(=O)(O)OC[C@H]3O[C@@H](n4cnc5c(N)ncnc54)C[C@@H]3O)[C@@H](COP(=O)(O)O[C@H]3C[C@H](n4cc(C)c(=O)[nH]c4=O)O[C@@H]3COP(=O)(OCCC#N)O[C@H]3C[C@H](n4ccc(NC(=O)c5ccccc5)nc4=O)O[C@@H]3CO)O2)c(=O)[nH]c1=O. The zero-order valence-corrected chi connectivity index (χ0v) is 72.0. The number of imidazole rings is 2. The second kappa shape index (κ2) is 38.9. The summed E-state index contributed by atoms with van der Waals surface area (Å²) in [6.07, 6.45) is -22.9. The van der Waals surface area contributed by atoms with Crippen LogP contribution in [0.2, 0.25) is 0 Å². The fraction of sp³-hybridized carbons (Fsp3) is 0.500. The highest BCUT2D eigenvalue weighted by Gasteiger charge is 2.52. The predicted molar refractivity (Wildman–Crippen MR) is 432 cm³/mol. The maximum Gasteiger partial charge on any atom is 0.475 e. The first-order valence-electron chi connectivity index (χ1n) is 39.2. The molecule has 6 fully saturated rings. The Morgan fingerprint density at radius 3 is 1.45 bits per heavy atom. The van der Waals surface area contributed by atoms with Crippen LogP contribution in [0, 0.1) is 25.2 Å². The third kappa shape index (κ3) is 21.9. The second-order valence-corrected chi connectivity index (χ2v) is 37.1. The molecule has 5 unspecified atom stereocenters. The van der Waals surface area contributed by atoms with Gasteiger partial charge in [-0.15, -0.1) is 0 Å². The molecule has 15 rings (SSSR count). The van der Waals surface area contributed by atoms with E-state index in [1.165, 1.54) is 66.1 Å². The molecule has 6 saturated heterocycles. The number of fused-ring (bicyclic) bond motifs is 2. The Morgan fingerprint density at radius 2 is 0.946 bits per heavy atom. The van der Waals surface area contributed by atoms with Crippen molar-refractivity contribution in [2.24, 2.45) is 0 Å². The molecule has 0 bridgehead atoms. The second-order valence-electron chi connectivity index (χ2n) is 29.9. The minimum absolute atomic E-state index is 0.0308. The van der Waals surface area contributed by atoms with E-state index in [1.54, 1.807) is 24.3 Å². The molecule has 6 aliphatic rings. The van der Waals surface area contributed by atoms with E-state index in [2.05, 4.69) is 55.2 Å². The molecule has 1 amide bonds. The van der Waals surface area contributed by atoms with E-state index in [0.717, 1.165) is 43.2 Å². The van der Waals surface area contributed by atoms with Gasteiger partial charge in [0.15, 0.2) is 22.6 Å². The molecule has 8 aromatic heterocycles. The Labute approximate surface area is 726 Å². The lowest BCUT2D eigenvalue weighted by molar-refractivity contribution is -0.0661. The summed E-state index contributed by atoms with van der Waals surface area (Å²) in [7, 11) is -27.4. The van der Waals surface area contributed by atoms with Crippen LogP contribution in [-0.2, 0) is 101 Å². The number of carbonyl (C=O) groups excluding carboxylic acids is 1. The smallest absolute Gasteiger partial charge is 0.394 e. The van der Waals surface area contributed by atoms with Crippen molar-refractivity contribution in [3.63, 3.8) is 0 Å². The highest BCUT2D eigenvalue weighted by molar-refractivity contribution is 7.49. The van der Waals surface area contributed by atoms with Crippen molar-refractivity contribution >= 4 is 90.8 Å². The van der Waals surface area contributed by atoms with Crippen LogP contribution in [0.1, 0.15) is 104 Å². The standard InChI is InChI=1S/C68H82N21O36P5/c1-32-21-86(67(98)82-60(32)92)52-18-38(44(118-52)26-112-129(106,107)123-39-19-53(87-22-33(2)61(93)83-68(87)99)119-46(39)28-114-130(108,109-14-6-11-69)125-36-16-50(115-41(36)23-90)85-13-10-48(79-66(85)97)78-62(94)34-7-4-3-5-8-34)122-128(104,105)111-25-43-37(17-51(117-43)84-12-9-47(70)77-65(84)96)121-127(102,103)113-27-45-40(20-54(120-45)89-31-76-56-59(89)80-64(72)81-63(56)95)124-126(100,101)110-24-42-35(91)15-49(116-42)88-30-75-55-57(71)73-29-74-58(55)88/h3-5,7-10,12-13,21-22,29-31,35-46,49-54,90-91H,6,14-20,23-28H2,1-2H3,(H,100,101)(H,102,103)(H,104,105)(H,106,107)(H2,70,77,96)(H2,71,73,74)(H,82,92,98)(H,83,93,99)(H3,72,80,81,95)(H,78,79,94,97)/t35-,36-,37-,38-,39-,40-,41+,42+,43+,44+,45+,46+,49+,50+,51+,52+,53+,54+,130?/m0/s1. The molecule has 0 aliphatic carbocycles. The number of ether oxygens (including phenoxy) is 6. The highest BCUT2D eigenvalue weighted by atomic mass is 31.2. The number of nitrogens with two attached hydrogens (primary N) is 3. The molecule has 9 aromatic rings. The van der Waals surface area contributed by atoms with Crippen molar-refractivity contribution in [2.45, 2.75) is 169 Å². The van der Waals surface area contributed by atoms with Crippen molar-refractivity contribution in [1.82, 2.24) is 77.2 Å². The predicted octanol–water partition coefficient (Wildman–Crippen LogP) is -0.283. The summed E-state index contributed by atoms with van der Waals surface area (Å²) in [6.45, 7) is -4.05. The lowest BCUT2D eigenvalue weighted by Crippen LogP contribution is -2.33. The van der Waals surface area contributed by atoms with Crippen molar-refractivity contribution in [2.75, 3.05) is 68.8 Å². The van der Waals surface area contributed by atoms with Gasteiger partial charge in [-0.25, -0.2) is 61.9 Å². The zero-order valence-electron chi connectivity index (χ0n) is 67.5. The number of rotatable bonds is 37. The normalized spacial score (nSPS) is 28.1. The third-order valence-corrected chi connectivity index (χ3v) is 26.6. The van der Waals surface area contributed by atoms with E-state index in [1.807, 2.05) is 0 Å². The number of phosphoric ester groups is 5. The van der Waals surface area contributed by atoms with Crippen LogP contribution in [0.15, 0.2) is 120 Å². The molecular formula is C68H82N21O36P5. The molecule has 57 nitrogen and oxygen atoms in total. The number of hydrogen-bond donors (Lipinski definition) is 13. The van der Waals surface area contributed by atoms with Gasteiger partial charge >= 0.3 is 61.9 Å². The fourth-order valence-electron chi connectivity index (χ4n) is 14.8. The Kier molecular flexibility index (Phi) is 28.3. The maximum absolute atomic E-state index is 14.8. The van der Waals surface area contributed by atoms with Crippen LogP contribution < -0.4 is 62.0 Å². The summed E-state index contributed by atoms with van der Waals surface area (Å²) in [6, 6.07) is 12.2. The van der Waals surface area contributed by atoms with Gasteiger partial charge in [-0.3, -0.25) is 111 Å². The van der Waals surface area contributed by atoms with E-state index in [0.29, 0.717) is 0 Å². The quantitative estimate of drug-likeness (QED) is 0.0176. The Morgan fingerprint density at radius 1 is 0.508 bits per heavy atom. The molecule has 16 N–H and O–H groups in total. The van der Waals surface area contributed by atoms with Gasteiger partial charge in [0.05, 0.1) is 77.5 Å². The summed E-state index contributed by atoms with van der Waals surface area (Å²) in [5.41, 5.74) is 11.3. The number of H-pyrrole nitrogens is 3. The number of aliphatic hydroxyl groups is 2. The van der Waals surface area contributed by atoms with Crippen LogP contribution >= 0.6 is 39.1 Å². The number of aryl methyl sites for hydroxylation is 2. The van der Waals surface area contributed by atoms with E-state index in [9.17, 15) is 96.2 Å². The number of aromatic amines is 3. The lowest BCUT2D eigenvalue weighted by atomic mass is 10.2. The van der Waals surface area contributed by atoms with E-state index >= 15 is 0 Å². The average molecular weight is 1920 g/mol. The highest BCUT2D eigenvalue weighted by Crippen LogP contribution is 2.58. The monoisotopic (exact) mass is 1920 g/mol. The largest absolute Gasteiger partial charge is 0.475 e. The average Bonchev–Trinajstić information content (AvgIpc) is 1.63. The molecule has 0 saturated carbocycles.